The van der Waals surface area contributed by atoms with E-state index >= 15 is 0 Å². The minimum Gasteiger partial charge on any atom is -0.492 e. The van der Waals surface area contributed by atoms with Crippen LogP contribution in [0.5, 0.6) is 23.0 Å². The molecule has 1 aliphatic heterocycles. The average molecular weight is 398 g/mol. The van der Waals surface area contributed by atoms with E-state index in [2.05, 4.69) is 5.32 Å². The predicted octanol–water partition coefficient (Wildman–Crippen LogP) is 3.68. The number of halogens is 2. The normalized spacial score (nSPS) is 13.2. The molecule has 0 radical (unpaired) electrons. The molecule has 1 atom stereocenters. The van der Waals surface area contributed by atoms with Crippen LogP contribution in [-0.2, 0) is 4.79 Å². The fourth-order valence-electron chi connectivity index (χ4n) is 2.27. The van der Waals surface area contributed by atoms with E-state index in [-0.39, 0.29) is 12.7 Å². The second-order valence-corrected chi connectivity index (χ2v) is 6.33. The van der Waals surface area contributed by atoms with Gasteiger partial charge in [-0.3, -0.25) is 4.79 Å². The van der Waals surface area contributed by atoms with Gasteiger partial charge < -0.3 is 24.3 Å². The molecule has 8 heteroatoms. The van der Waals surface area contributed by atoms with Crippen molar-refractivity contribution in [2.75, 3.05) is 19.9 Å². The molecule has 2 aromatic rings. The van der Waals surface area contributed by atoms with Crippen molar-refractivity contribution in [1.29, 1.82) is 0 Å². The lowest BCUT2D eigenvalue weighted by Gasteiger charge is -2.16. The van der Waals surface area contributed by atoms with Crippen molar-refractivity contribution in [3.63, 3.8) is 0 Å². The Morgan fingerprint density at radius 1 is 1.19 bits per heavy atom. The maximum atomic E-state index is 12.1. The lowest BCUT2D eigenvalue weighted by Crippen LogP contribution is -2.38. The van der Waals surface area contributed by atoms with E-state index in [1.807, 2.05) is 0 Å². The molecule has 0 aromatic heterocycles. The van der Waals surface area contributed by atoms with Gasteiger partial charge in [-0.1, -0.05) is 23.2 Å². The molecule has 1 N–H and O–H groups in total. The molecule has 1 heterocycles. The number of hydrogen-bond acceptors (Lipinski definition) is 5. The molecule has 0 saturated heterocycles. The molecular formula is C18H17Cl2NO5. The Morgan fingerprint density at radius 2 is 2.00 bits per heavy atom. The van der Waals surface area contributed by atoms with Crippen LogP contribution in [0.4, 0.5) is 0 Å². The number of fused-ring (bicyclic) bond motifs is 1. The van der Waals surface area contributed by atoms with Gasteiger partial charge in [0.1, 0.15) is 18.1 Å². The minimum absolute atomic E-state index is 0.213. The molecule has 138 valence electrons. The third-order valence-corrected chi connectivity index (χ3v) is 4.11. The highest BCUT2D eigenvalue weighted by molar-refractivity contribution is 6.35. The van der Waals surface area contributed by atoms with Gasteiger partial charge in [0.25, 0.3) is 5.91 Å². The van der Waals surface area contributed by atoms with Crippen LogP contribution in [0.1, 0.15) is 6.92 Å². The number of rotatable bonds is 7. The van der Waals surface area contributed by atoms with Gasteiger partial charge in [0.05, 0.1) is 11.6 Å². The first kappa shape index (κ1) is 18.5. The van der Waals surface area contributed by atoms with Gasteiger partial charge in [-0.05, 0) is 37.3 Å². The van der Waals surface area contributed by atoms with Crippen LogP contribution in [-0.4, -0.2) is 32.0 Å². The van der Waals surface area contributed by atoms with Crippen LogP contribution in [0.25, 0.3) is 0 Å². The summed E-state index contributed by atoms with van der Waals surface area (Å²) >= 11 is 11.9. The molecule has 2 aromatic carbocycles. The van der Waals surface area contributed by atoms with Crippen molar-refractivity contribution in [2.45, 2.75) is 13.0 Å². The maximum absolute atomic E-state index is 12.1. The molecule has 1 amide bonds. The first-order chi connectivity index (χ1) is 12.5. The summed E-state index contributed by atoms with van der Waals surface area (Å²) < 4.78 is 21.7. The van der Waals surface area contributed by atoms with Gasteiger partial charge in [0.15, 0.2) is 17.6 Å². The van der Waals surface area contributed by atoms with Gasteiger partial charge in [0.2, 0.25) is 6.79 Å². The summed E-state index contributed by atoms with van der Waals surface area (Å²) in [5.74, 6) is 2.10. The molecular weight excluding hydrogens is 381 g/mol. The van der Waals surface area contributed by atoms with Gasteiger partial charge in [-0.15, -0.1) is 0 Å². The Kier molecular flexibility index (Phi) is 5.96. The molecule has 3 rings (SSSR count). The molecule has 0 saturated carbocycles. The Labute approximate surface area is 160 Å². The molecule has 0 spiro atoms. The van der Waals surface area contributed by atoms with Crippen molar-refractivity contribution in [3.05, 3.63) is 46.4 Å². The number of amides is 1. The zero-order chi connectivity index (χ0) is 18.5. The van der Waals surface area contributed by atoms with Crippen LogP contribution >= 0.6 is 23.2 Å². The van der Waals surface area contributed by atoms with Gasteiger partial charge in [-0.25, -0.2) is 0 Å². The van der Waals surface area contributed by atoms with Crippen LogP contribution < -0.4 is 24.3 Å². The average Bonchev–Trinajstić information content (AvgIpc) is 3.08. The second-order valence-electron chi connectivity index (χ2n) is 5.49. The number of ether oxygens (including phenoxy) is 4. The Bertz CT molecular complexity index is 799. The SMILES string of the molecule is C[C@H](Oc1ccc(Cl)cc1Cl)C(=O)NCCOc1ccc2c(c1)OCO2. The Hall–Kier alpha value is -2.31. The van der Waals surface area contributed by atoms with Crippen LogP contribution in [0, 0.1) is 0 Å². The number of carbonyl (C=O) groups excluding carboxylic acids is 1. The smallest absolute Gasteiger partial charge is 0.260 e. The third-order valence-electron chi connectivity index (χ3n) is 3.58. The van der Waals surface area contributed by atoms with Gasteiger partial charge >= 0.3 is 0 Å². The van der Waals surface area contributed by atoms with Crippen molar-refractivity contribution < 1.29 is 23.7 Å². The largest absolute Gasteiger partial charge is 0.492 e. The van der Waals surface area contributed by atoms with E-state index in [0.29, 0.717) is 46.2 Å². The predicted molar refractivity (Wildman–Crippen MR) is 97.6 cm³/mol. The summed E-state index contributed by atoms with van der Waals surface area (Å²) in [6.07, 6.45) is -0.709. The first-order valence-corrected chi connectivity index (χ1v) is 8.70. The maximum Gasteiger partial charge on any atom is 0.260 e. The lowest BCUT2D eigenvalue weighted by molar-refractivity contribution is -0.127. The van der Waals surface area contributed by atoms with Crippen LogP contribution in [0.3, 0.4) is 0 Å². The first-order valence-electron chi connectivity index (χ1n) is 7.95. The highest BCUT2D eigenvalue weighted by Crippen LogP contribution is 2.35. The second kappa shape index (κ2) is 8.38. The molecule has 0 fully saturated rings. The van der Waals surface area contributed by atoms with Crippen molar-refractivity contribution >= 4 is 29.1 Å². The summed E-state index contributed by atoms with van der Waals surface area (Å²) in [6.45, 7) is 2.48. The van der Waals surface area contributed by atoms with E-state index in [1.165, 1.54) is 0 Å². The number of hydrogen-bond donors (Lipinski definition) is 1. The highest BCUT2D eigenvalue weighted by atomic mass is 35.5. The van der Waals surface area contributed by atoms with Crippen molar-refractivity contribution in [2.24, 2.45) is 0 Å². The summed E-state index contributed by atoms with van der Waals surface area (Å²) in [7, 11) is 0. The summed E-state index contributed by atoms with van der Waals surface area (Å²) in [5.41, 5.74) is 0. The fourth-order valence-corrected chi connectivity index (χ4v) is 2.72. The molecule has 26 heavy (non-hydrogen) atoms. The van der Waals surface area contributed by atoms with Crippen molar-refractivity contribution in [1.82, 2.24) is 5.32 Å². The zero-order valence-corrected chi connectivity index (χ0v) is 15.5. The van der Waals surface area contributed by atoms with E-state index in [1.54, 1.807) is 43.3 Å². The highest BCUT2D eigenvalue weighted by Gasteiger charge is 2.16. The van der Waals surface area contributed by atoms with Gasteiger partial charge in [-0.2, -0.15) is 0 Å². The quantitative estimate of drug-likeness (QED) is 0.721. The number of benzene rings is 2. The topological polar surface area (TPSA) is 66.0 Å². The van der Waals surface area contributed by atoms with Crippen LogP contribution in [0.2, 0.25) is 10.0 Å². The standard InChI is InChI=1S/C18H17Cl2NO5/c1-11(26-15-4-2-12(19)8-14(15)20)18(22)21-6-7-23-13-3-5-16-17(9-13)25-10-24-16/h2-5,8-9,11H,6-7,10H2,1H3,(H,21,22)/t11-/m0/s1. The van der Waals surface area contributed by atoms with Gasteiger partial charge in [0, 0.05) is 11.1 Å². The van der Waals surface area contributed by atoms with Crippen molar-refractivity contribution in [3.8, 4) is 23.0 Å². The minimum atomic E-state index is -0.709. The van der Waals surface area contributed by atoms with Crippen LogP contribution in [0.15, 0.2) is 36.4 Å². The Morgan fingerprint density at radius 3 is 2.81 bits per heavy atom. The van der Waals surface area contributed by atoms with E-state index in [9.17, 15) is 4.79 Å². The Balaban J connectivity index is 1.42. The summed E-state index contributed by atoms with van der Waals surface area (Å²) in [4.78, 5) is 12.1. The molecule has 1 aliphatic rings. The van der Waals surface area contributed by atoms with E-state index in [4.69, 9.17) is 42.1 Å². The summed E-state index contributed by atoms with van der Waals surface area (Å²) in [6, 6.07) is 10.1. The number of carbonyl (C=O) groups is 1. The summed E-state index contributed by atoms with van der Waals surface area (Å²) in [5, 5.41) is 3.59. The number of nitrogens with one attached hydrogen (secondary N) is 1. The molecule has 0 unspecified atom stereocenters. The monoisotopic (exact) mass is 397 g/mol. The zero-order valence-electron chi connectivity index (χ0n) is 14.0. The van der Waals surface area contributed by atoms with E-state index in [0.717, 1.165) is 0 Å². The third kappa shape index (κ3) is 4.65. The molecule has 0 aliphatic carbocycles. The lowest BCUT2D eigenvalue weighted by atomic mass is 10.3. The molecule has 6 nitrogen and oxygen atoms in total. The molecule has 0 bridgehead atoms. The van der Waals surface area contributed by atoms with E-state index < -0.39 is 6.10 Å². The fraction of sp³-hybridized carbons (Fsp3) is 0.278.